The van der Waals surface area contributed by atoms with Gasteiger partial charge in [0.25, 0.3) is 0 Å². The number of hydrogen-bond acceptors (Lipinski definition) is 4. The van der Waals surface area contributed by atoms with Crippen LogP contribution in [-0.2, 0) is 17.6 Å². The topological polar surface area (TPSA) is 62.1 Å². The molecule has 1 N–H and O–H groups in total. The van der Waals surface area contributed by atoms with Crippen LogP contribution in [0.1, 0.15) is 55.2 Å². The summed E-state index contributed by atoms with van der Waals surface area (Å²) < 4.78 is 5.14. The zero-order valence-corrected chi connectivity index (χ0v) is 18.4. The SMILES string of the molecule is CCC(C)(C)C1CCc2c(sc(NC(=O)C=Cc3ccc(OC)cc3)c2C#N)C1. The monoisotopic (exact) mass is 408 g/mol. The average molecular weight is 409 g/mol. The van der Waals surface area contributed by atoms with Crippen LogP contribution in [-0.4, -0.2) is 13.0 Å². The van der Waals surface area contributed by atoms with Gasteiger partial charge in [0.2, 0.25) is 5.91 Å². The van der Waals surface area contributed by atoms with E-state index in [2.05, 4.69) is 32.2 Å². The summed E-state index contributed by atoms with van der Waals surface area (Å²) in [6, 6.07) is 9.81. The van der Waals surface area contributed by atoms with Gasteiger partial charge in [0, 0.05) is 11.0 Å². The largest absolute Gasteiger partial charge is 0.497 e. The third kappa shape index (κ3) is 4.71. The molecule has 0 saturated heterocycles. The molecule has 1 aromatic heterocycles. The molecule has 152 valence electrons. The second-order valence-corrected chi connectivity index (χ2v) is 9.30. The minimum absolute atomic E-state index is 0.221. The number of nitrogens with one attached hydrogen (secondary N) is 1. The van der Waals surface area contributed by atoms with Gasteiger partial charge in [-0.25, -0.2) is 0 Å². The minimum atomic E-state index is -0.221. The van der Waals surface area contributed by atoms with E-state index in [1.54, 1.807) is 24.5 Å². The van der Waals surface area contributed by atoms with Gasteiger partial charge < -0.3 is 10.1 Å². The molecule has 0 bridgehead atoms. The van der Waals surface area contributed by atoms with E-state index < -0.39 is 0 Å². The summed E-state index contributed by atoms with van der Waals surface area (Å²) in [6.07, 6.45) is 7.42. The maximum atomic E-state index is 12.4. The Labute approximate surface area is 177 Å². The molecule has 5 heteroatoms. The van der Waals surface area contributed by atoms with Crippen molar-refractivity contribution in [2.45, 2.75) is 46.5 Å². The second kappa shape index (κ2) is 8.84. The number of carbonyl (C=O) groups excluding carboxylic acids is 1. The number of thiophene rings is 1. The number of methoxy groups -OCH3 is 1. The lowest BCUT2D eigenvalue weighted by Gasteiger charge is -2.36. The van der Waals surface area contributed by atoms with E-state index in [9.17, 15) is 10.1 Å². The number of hydrogen-bond donors (Lipinski definition) is 1. The fraction of sp³-hybridized carbons (Fsp3) is 0.417. The first kappa shape index (κ1) is 21.1. The summed E-state index contributed by atoms with van der Waals surface area (Å²) in [4.78, 5) is 13.7. The third-order valence-electron chi connectivity index (χ3n) is 6.17. The molecule has 0 spiro atoms. The van der Waals surface area contributed by atoms with Crippen LogP contribution >= 0.6 is 11.3 Å². The lowest BCUT2D eigenvalue weighted by atomic mass is 9.69. The van der Waals surface area contributed by atoms with Crippen LogP contribution in [0.3, 0.4) is 0 Å². The summed E-state index contributed by atoms with van der Waals surface area (Å²) in [6.45, 7) is 6.90. The normalized spacial score (nSPS) is 16.3. The highest BCUT2D eigenvalue weighted by Gasteiger charge is 2.33. The summed E-state index contributed by atoms with van der Waals surface area (Å²) in [5.41, 5.74) is 2.98. The first-order chi connectivity index (χ1) is 13.9. The van der Waals surface area contributed by atoms with Crippen molar-refractivity contribution in [1.29, 1.82) is 5.26 Å². The van der Waals surface area contributed by atoms with Crippen molar-refractivity contribution < 1.29 is 9.53 Å². The van der Waals surface area contributed by atoms with Crippen molar-refractivity contribution in [3.63, 3.8) is 0 Å². The molecule has 0 fully saturated rings. The minimum Gasteiger partial charge on any atom is -0.497 e. The van der Waals surface area contributed by atoms with Gasteiger partial charge in [-0.15, -0.1) is 11.3 Å². The van der Waals surface area contributed by atoms with Gasteiger partial charge in [-0.05, 0) is 59.9 Å². The van der Waals surface area contributed by atoms with Crippen LogP contribution in [0, 0.1) is 22.7 Å². The quantitative estimate of drug-likeness (QED) is 0.613. The predicted molar refractivity (Wildman–Crippen MR) is 119 cm³/mol. The predicted octanol–water partition coefficient (Wildman–Crippen LogP) is 5.82. The Hall–Kier alpha value is -2.58. The molecule has 29 heavy (non-hydrogen) atoms. The number of ether oxygens (including phenoxy) is 1. The highest BCUT2D eigenvalue weighted by molar-refractivity contribution is 7.16. The van der Waals surface area contributed by atoms with Gasteiger partial charge in [0.05, 0.1) is 12.7 Å². The van der Waals surface area contributed by atoms with Crippen LogP contribution in [0.25, 0.3) is 6.08 Å². The number of benzene rings is 1. The highest BCUT2D eigenvalue weighted by Crippen LogP contribution is 2.45. The average Bonchev–Trinajstić information content (AvgIpc) is 3.08. The van der Waals surface area contributed by atoms with Crippen LogP contribution in [0.15, 0.2) is 30.3 Å². The first-order valence-electron chi connectivity index (χ1n) is 10.1. The Balaban J connectivity index is 1.73. The van der Waals surface area contributed by atoms with Gasteiger partial charge in [-0.2, -0.15) is 5.26 Å². The lowest BCUT2D eigenvalue weighted by Crippen LogP contribution is -2.28. The van der Waals surface area contributed by atoms with E-state index in [4.69, 9.17) is 4.74 Å². The molecule has 0 saturated carbocycles. The van der Waals surface area contributed by atoms with Crippen LogP contribution < -0.4 is 10.1 Å². The van der Waals surface area contributed by atoms with E-state index in [1.807, 2.05) is 24.3 Å². The van der Waals surface area contributed by atoms with E-state index in [0.29, 0.717) is 21.9 Å². The van der Waals surface area contributed by atoms with Crippen molar-refractivity contribution >= 4 is 28.3 Å². The van der Waals surface area contributed by atoms with E-state index in [0.717, 1.165) is 42.6 Å². The Morgan fingerprint density at radius 1 is 1.38 bits per heavy atom. The van der Waals surface area contributed by atoms with Crippen molar-refractivity contribution in [3.8, 4) is 11.8 Å². The fourth-order valence-corrected chi connectivity index (χ4v) is 5.07. The molecule has 3 rings (SSSR count). The van der Waals surface area contributed by atoms with Gasteiger partial charge >= 0.3 is 0 Å². The van der Waals surface area contributed by atoms with E-state index in [-0.39, 0.29) is 5.91 Å². The molecule has 0 aliphatic heterocycles. The summed E-state index contributed by atoms with van der Waals surface area (Å²) >= 11 is 1.57. The molecule has 1 atom stereocenters. The maximum absolute atomic E-state index is 12.4. The van der Waals surface area contributed by atoms with Crippen molar-refractivity contribution in [1.82, 2.24) is 0 Å². The summed E-state index contributed by atoms with van der Waals surface area (Å²) in [7, 11) is 1.62. The molecule has 2 aromatic rings. The number of carbonyl (C=O) groups is 1. The summed E-state index contributed by atoms with van der Waals surface area (Å²) in [5.74, 6) is 1.17. The molecule has 4 nitrogen and oxygen atoms in total. The maximum Gasteiger partial charge on any atom is 0.249 e. The molecule has 1 amide bonds. The smallest absolute Gasteiger partial charge is 0.249 e. The molecule has 1 unspecified atom stereocenters. The van der Waals surface area contributed by atoms with Gasteiger partial charge in [-0.3, -0.25) is 4.79 Å². The van der Waals surface area contributed by atoms with Crippen molar-refractivity contribution in [2.75, 3.05) is 12.4 Å². The molecule has 1 heterocycles. The van der Waals surface area contributed by atoms with Gasteiger partial charge in [0.1, 0.15) is 16.8 Å². The Bertz CT molecular complexity index is 948. The molecule has 0 radical (unpaired) electrons. The molecular weight excluding hydrogens is 380 g/mol. The number of fused-ring (bicyclic) bond motifs is 1. The number of rotatable bonds is 6. The first-order valence-corrected chi connectivity index (χ1v) is 10.9. The van der Waals surface area contributed by atoms with E-state index in [1.165, 1.54) is 11.0 Å². The number of nitrogens with zero attached hydrogens (tertiary/aromatic N) is 1. The Morgan fingerprint density at radius 2 is 2.10 bits per heavy atom. The van der Waals surface area contributed by atoms with Crippen LogP contribution in [0.2, 0.25) is 0 Å². The number of amides is 1. The van der Waals surface area contributed by atoms with Gasteiger partial charge in [-0.1, -0.05) is 39.3 Å². The Morgan fingerprint density at radius 3 is 2.72 bits per heavy atom. The molecular formula is C24H28N2O2S. The zero-order valence-electron chi connectivity index (χ0n) is 17.5. The van der Waals surface area contributed by atoms with Crippen molar-refractivity contribution in [3.05, 3.63) is 51.9 Å². The fourth-order valence-electron chi connectivity index (χ4n) is 3.79. The van der Waals surface area contributed by atoms with Crippen LogP contribution in [0.4, 0.5) is 5.00 Å². The zero-order chi connectivity index (χ0) is 21.0. The number of anilines is 1. The highest BCUT2D eigenvalue weighted by atomic mass is 32.1. The van der Waals surface area contributed by atoms with Crippen molar-refractivity contribution in [2.24, 2.45) is 11.3 Å². The summed E-state index contributed by atoms with van der Waals surface area (Å²) in [5, 5.41) is 13.3. The second-order valence-electron chi connectivity index (χ2n) is 8.20. The van der Waals surface area contributed by atoms with Gasteiger partial charge in [0.15, 0.2) is 0 Å². The molecule has 1 aromatic carbocycles. The van der Waals surface area contributed by atoms with E-state index >= 15 is 0 Å². The molecule has 1 aliphatic carbocycles. The third-order valence-corrected chi connectivity index (χ3v) is 7.34. The Kier molecular flexibility index (Phi) is 6.44. The number of nitriles is 1. The molecule has 1 aliphatic rings. The lowest BCUT2D eigenvalue weighted by molar-refractivity contribution is -0.111. The van der Waals surface area contributed by atoms with Crippen LogP contribution in [0.5, 0.6) is 5.75 Å². The standard InChI is InChI=1S/C24H28N2O2S/c1-5-24(2,3)17-9-12-19-20(15-25)23(29-21(19)14-17)26-22(27)13-8-16-6-10-18(28-4)11-7-16/h6-8,10-11,13,17H,5,9,12,14H2,1-4H3,(H,26,27).